The van der Waals surface area contributed by atoms with Crippen molar-refractivity contribution in [3.63, 3.8) is 0 Å². The van der Waals surface area contributed by atoms with Crippen LogP contribution in [0.5, 0.6) is 23.0 Å². The van der Waals surface area contributed by atoms with Gasteiger partial charge in [-0.2, -0.15) is 0 Å². The van der Waals surface area contributed by atoms with E-state index in [0.29, 0.717) is 28.4 Å². The number of carbonyl (C=O) groups excluding carboxylic acids is 1. The van der Waals surface area contributed by atoms with Gasteiger partial charge >= 0.3 is 0 Å². The second kappa shape index (κ2) is 8.08. The minimum Gasteiger partial charge on any atom is -0.496 e. The molecule has 1 N–H and O–H groups in total. The predicted octanol–water partition coefficient (Wildman–Crippen LogP) is 4.49. The van der Waals surface area contributed by atoms with Crippen LogP contribution in [0.2, 0.25) is 0 Å². The van der Waals surface area contributed by atoms with Gasteiger partial charge in [0.15, 0.2) is 17.3 Å². The highest BCUT2D eigenvalue weighted by atomic mass is 16.5. The van der Waals surface area contributed by atoms with Gasteiger partial charge in [-0.25, -0.2) is 0 Å². The van der Waals surface area contributed by atoms with Gasteiger partial charge in [0, 0.05) is 28.2 Å². The number of H-pyrrole nitrogens is 1. The number of Topliss-reactive ketones (excluding diaryl/α,β-unsaturated/α-hetero) is 1. The molecule has 0 aliphatic carbocycles. The quantitative estimate of drug-likeness (QED) is 0.482. The molecule has 0 saturated heterocycles. The van der Waals surface area contributed by atoms with Gasteiger partial charge in [-0.3, -0.25) is 4.79 Å². The SMILES string of the molecule is COc1cc(C(=O)/C(C)=C/c2c[nH]c3cccc(OC)c23)cc(OC)c1OC. The molecule has 3 aromatic rings. The fraction of sp³-hybridized carbons (Fsp3) is 0.227. The van der Waals surface area contributed by atoms with E-state index in [1.54, 1.807) is 26.2 Å². The average Bonchev–Trinajstić information content (AvgIpc) is 3.14. The smallest absolute Gasteiger partial charge is 0.203 e. The topological polar surface area (TPSA) is 69.8 Å². The number of fused-ring (bicyclic) bond motifs is 1. The summed E-state index contributed by atoms with van der Waals surface area (Å²) < 4.78 is 21.5. The van der Waals surface area contributed by atoms with Crippen molar-refractivity contribution in [1.29, 1.82) is 0 Å². The summed E-state index contributed by atoms with van der Waals surface area (Å²) in [6.07, 6.45) is 3.70. The number of allylic oxidation sites excluding steroid dienone is 1. The fourth-order valence-electron chi connectivity index (χ4n) is 3.20. The molecule has 6 heteroatoms. The lowest BCUT2D eigenvalue weighted by Gasteiger charge is -2.13. The Labute approximate surface area is 163 Å². The summed E-state index contributed by atoms with van der Waals surface area (Å²) in [5.74, 6) is 1.93. The zero-order valence-corrected chi connectivity index (χ0v) is 16.6. The van der Waals surface area contributed by atoms with Crippen LogP contribution in [0.25, 0.3) is 17.0 Å². The van der Waals surface area contributed by atoms with E-state index in [9.17, 15) is 4.79 Å². The number of nitrogens with one attached hydrogen (secondary N) is 1. The summed E-state index contributed by atoms with van der Waals surface area (Å²) in [6.45, 7) is 1.78. The first-order chi connectivity index (χ1) is 13.5. The zero-order valence-electron chi connectivity index (χ0n) is 16.6. The van der Waals surface area contributed by atoms with E-state index in [-0.39, 0.29) is 5.78 Å². The van der Waals surface area contributed by atoms with Crippen LogP contribution < -0.4 is 18.9 Å². The molecule has 0 spiro atoms. The molecule has 1 heterocycles. The molecule has 0 unspecified atom stereocenters. The molecule has 0 saturated carbocycles. The molecule has 0 radical (unpaired) electrons. The van der Waals surface area contributed by atoms with Crippen molar-refractivity contribution in [1.82, 2.24) is 4.98 Å². The van der Waals surface area contributed by atoms with E-state index in [4.69, 9.17) is 18.9 Å². The summed E-state index contributed by atoms with van der Waals surface area (Å²) >= 11 is 0. The van der Waals surface area contributed by atoms with E-state index in [1.165, 1.54) is 21.3 Å². The first-order valence-corrected chi connectivity index (χ1v) is 8.71. The van der Waals surface area contributed by atoms with Gasteiger partial charge in [0.2, 0.25) is 5.75 Å². The van der Waals surface area contributed by atoms with Crippen molar-refractivity contribution in [2.75, 3.05) is 28.4 Å². The molecule has 0 aliphatic heterocycles. The molecule has 0 atom stereocenters. The molecule has 6 nitrogen and oxygen atoms in total. The number of carbonyl (C=O) groups is 1. The van der Waals surface area contributed by atoms with Crippen LogP contribution in [-0.2, 0) is 0 Å². The van der Waals surface area contributed by atoms with Crippen LogP contribution in [0.15, 0.2) is 42.1 Å². The van der Waals surface area contributed by atoms with Crippen molar-refractivity contribution in [3.8, 4) is 23.0 Å². The largest absolute Gasteiger partial charge is 0.496 e. The third-order valence-corrected chi connectivity index (χ3v) is 4.58. The molecular weight excluding hydrogens is 358 g/mol. The first kappa shape index (κ1) is 19.4. The van der Waals surface area contributed by atoms with Crippen LogP contribution in [0.1, 0.15) is 22.8 Å². The van der Waals surface area contributed by atoms with Crippen LogP contribution in [0.4, 0.5) is 0 Å². The Bertz CT molecular complexity index is 1020. The van der Waals surface area contributed by atoms with Crippen molar-refractivity contribution >= 4 is 22.8 Å². The first-order valence-electron chi connectivity index (χ1n) is 8.71. The maximum Gasteiger partial charge on any atom is 0.203 e. The number of methoxy groups -OCH3 is 4. The molecule has 3 rings (SSSR count). The van der Waals surface area contributed by atoms with Gasteiger partial charge < -0.3 is 23.9 Å². The Kier molecular flexibility index (Phi) is 5.59. The molecule has 2 aromatic carbocycles. The Balaban J connectivity index is 2.04. The maximum absolute atomic E-state index is 13.0. The van der Waals surface area contributed by atoms with E-state index in [0.717, 1.165) is 22.2 Å². The highest BCUT2D eigenvalue weighted by Gasteiger charge is 2.18. The van der Waals surface area contributed by atoms with Crippen molar-refractivity contribution in [2.24, 2.45) is 0 Å². The van der Waals surface area contributed by atoms with Crippen LogP contribution >= 0.6 is 0 Å². The minimum atomic E-state index is -0.136. The monoisotopic (exact) mass is 381 g/mol. The second-order valence-corrected chi connectivity index (χ2v) is 6.20. The zero-order chi connectivity index (χ0) is 20.3. The highest BCUT2D eigenvalue weighted by molar-refractivity contribution is 6.12. The predicted molar refractivity (Wildman–Crippen MR) is 109 cm³/mol. The number of rotatable bonds is 7. The third-order valence-electron chi connectivity index (χ3n) is 4.58. The fourth-order valence-corrected chi connectivity index (χ4v) is 3.20. The molecule has 0 bridgehead atoms. The standard InChI is InChI=1S/C22H23NO5/c1-13(9-15-12-23-16-7-6-8-17(25-2)20(15)16)21(24)14-10-18(26-3)22(28-5)19(11-14)27-4/h6-12,23H,1-5H3/b13-9+. The van der Waals surface area contributed by atoms with Gasteiger partial charge in [-0.15, -0.1) is 0 Å². The molecule has 0 fully saturated rings. The number of ether oxygens (including phenoxy) is 4. The molecule has 146 valence electrons. The number of hydrogen-bond acceptors (Lipinski definition) is 5. The third kappa shape index (κ3) is 3.41. The molecule has 0 aliphatic rings. The second-order valence-electron chi connectivity index (χ2n) is 6.20. The van der Waals surface area contributed by atoms with E-state index in [2.05, 4.69) is 4.98 Å². The van der Waals surface area contributed by atoms with Gasteiger partial charge in [-0.05, 0) is 42.8 Å². The summed E-state index contributed by atoms with van der Waals surface area (Å²) in [7, 11) is 6.19. The summed E-state index contributed by atoms with van der Waals surface area (Å²) in [5, 5.41) is 0.932. The van der Waals surface area contributed by atoms with E-state index >= 15 is 0 Å². The maximum atomic E-state index is 13.0. The van der Waals surface area contributed by atoms with Gasteiger partial charge in [0.05, 0.1) is 28.4 Å². The Morgan fingerprint density at radius 1 is 0.929 bits per heavy atom. The minimum absolute atomic E-state index is 0.136. The van der Waals surface area contributed by atoms with Gasteiger partial charge in [0.1, 0.15) is 5.75 Å². The molecule has 28 heavy (non-hydrogen) atoms. The van der Waals surface area contributed by atoms with Crippen molar-refractivity contribution in [3.05, 3.63) is 53.2 Å². The number of ketones is 1. The normalized spacial score (nSPS) is 11.4. The summed E-state index contributed by atoms with van der Waals surface area (Å²) in [4.78, 5) is 16.2. The van der Waals surface area contributed by atoms with Crippen LogP contribution in [-0.4, -0.2) is 39.2 Å². The van der Waals surface area contributed by atoms with Crippen LogP contribution in [0, 0.1) is 0 Å². The van der Waals surface area contributed by atoms with Crippen molar-refractivity contribution < 1.29 is 23.7 Å². The number of aromatic nitrogens is 1. The highest BCUT2D eigenvalue weighted by Crippen LogP contribution is 2.39. The molecule has 1 aromatic heterocycles. The van der Waals surface area contributed by atoms with Crippen LogP contribution in [0.3, 0.4) is 0 Å². The Hall–Kier alpha value is -3.41. The Morgan fingerprint density at radius 2 is 1.57 bits per heavy atom. The van der Waals surface area contributed by atoms with Gasteiger partial charge in [0.25, 0.3) is 0 Å². The summed E-state index contributed by atoms with van der Waals surface area (Å²) in [6, 6.07) is 9.07. The van der Waals surface area contributed by atoms with E-state index < -0.39 is 0 Å². The number of hydrogen-bond donors (Lipinski definition) is 1. The molecule has 0 amide bonds. The lowest BCUT2D eigenvalue weighted by Crippen LogP contribution is -2.04. The van der Waals surface area contributed by atoms with E-state index in [1.807, 2.05) is 30.5 Å². The Morgan fingerprint density at radius 3 is 2.14 bits per heavy atom. The summed E-state index contributed by atoms with van der Waals surface area (Å²) in [5.41, 5.74) is 2.85. The van der Waals surface area contributed by atoms with Crippen molar-refractivity contribution in [2.45, 2.75) is 6.92 Å². The van der Waals surface area contributed by atoms with Gasteiger partial charge in [-0.1, -0.05) is 6.07 Å². The average molecular weight is 381 g/mol. The lowest BCUT2D eigenvalue weighted by atomic mass is 10.0. The molecular formula is C22H23NO5. The number of aromatic amines is 1. The lowest BCUT2D eigenvalue weighted by molar-refractivity contribution is 0.103. The number of benzene rings is 2.